The van der Waals surface area contributed by atoms with Crippen molar-refractivity contribution in [3.63, 3.8) is 0 Å². The zero-order chi connectivity index (χ0) is 14.9. The molecule has 0 amide bonds. The first-order chi connectivity index (χ1) is 10.1. The van der Waals surface area contributed by atoms with Crippen molar-refractivity contribution in [2.75, 3.05) is 31.0 Å². The van der Waals surface area contributed by atoms with Crippen molar-refractivity contribution < 1.29 is 14.3 Å². The molecule has 2 saturated heterocycles. The molecule has 0 bridgehead atoms. The first kappa shape index (κ1) is 14.7. The van der Waals surface area contributed by atoms with Crippen LogP contribution in [0.1, 0.15) is 29.6 Å². The maximum Gasteiger partial charge on any atom is 0.168 e. The maximum absolute atomic E-state index is 12.8. The van der Waals surface area contributed by atoms with Crippen molar-refractivity contribution in [3.8, 4) is 5.75 Å². The van der Waals surface area contributed by atoms with Gasteiger partial charge in [0.05, 0.1) is 12.7 Å². The summed E-state index contributed by atoms with van der Waals surface area (Å²) in [6.45, 7) is 0.674. The van der Waals surface area contributed by atoms with Gasteiger partial charge in [-0.1, -0.05) is 0 Å². The van der Waals surface area contributed by atoms with Crippen LogP contribution < -0.4 is 10.5 Å². The summed E-state index contributed by atoms with van der Waals surface area (Å²) in [6.07, 6.45) is 2.67. The molecule has 0 radical (unpaired) electrons. The van der Waals surface area contributed by atoms with E-state index in [1.165, 1.54) is 0 Å². The molecule has 0 saturated carbocycles. The van der Waals surface area contributed by atoms with Gasteiger partial charge in [-0.3, -0.25) is 4.79 Å². The maximum atomic E-state index is 12.8. The van der Waals surface area contributed by atoms with Gasteiger partial charge in [0.2, 0.25) is 0 Å². The van der Waals surface area contributed by atoms with E-state index in [4.69, 9.17) is 15.2 Å². The predicted molar refractivity (Wildman–Crippen MR) is 85.1 cm³/mol. The quantitative estimate of drug-likeness (QED) is 0.687. The van der Waals surface area contributed by atoms with Crippen molar-refractivity contribution in [1.29, 1.82) is 0 Å². The van der Waals surface area contributed by atoms with E-state index in [0.717, 1.165) is 30.8 Å². The van der Waals surface area contributed by atoms with Crippen LogP contribution in [-0.4, -0.2) is 36.6 Å². The summed E-state index contributed by atoms with van der Waals surface area (Å²) < 4.78 is 11.1. The third kappa shape index (κ3) is 2.90. The van der Waals surface area contributed by atoms with Crippen LogP contribution in [0.3, 0.4) is 0 Å². The molecule has 2 atom stereocenters. The molecule has 0 aromatic heterocycles. The number of carbonyl (C=O) groups excluding carboxylic acids is 1. The number of nitrogen functional groups attached to an aromatic ring is 1. The Morgan fingerprint density at radius 1 is 1.52 bits per heavy atom. The number of hydrogen-bond donors (Lipinski definition) is 1. The molecule has 2 aliphatic heterocycles. The molecule has 2 unspecified atom stereocenters. The van der Waals surface area contributed by atoms with Gasteiger partial charge < -0.3 is 15.2 Å². The van der Waals surface area contributed by atoms with E-state index in [-0.39, 0.29) is 17.3 Å². The Labute approximate surface area is 129 Å². The van der Waals surface area contributed by atoms with Gasteiger partial charge in [-0.2, -0.15) is 11.8 Å². The van der Waals surface area contributed by atoms with E-state index in [0.29, 0.717) is 23.6 Å². The Bertz CT molecular complexity index is 540. The zero-order valence-electron chi connectivity index (χ0n) is 12.3. The molecule has 1 spiro atoms. The van der Waals surface area contributed by atoms with E-state index in [1.54, 1.807) is 25.3 Å². The number of nitrogens with two attached hydrogens (primary N) is 1. The SMILES string of the molecule is COc1ccc(C(=O)C2CCOC3(CCSC3)C2)c(N)c1. The Hall–Kier alpha value is -1.20. The molecule has 21 heavy (non-hydrogen) atoms. The summed E-state index contributed by atoms with van der Waals surface area (Å²) in [5.41, 5.74) is 7.05. The first-order valence-electron chi connectivity index (χ1n) is 7.33. The number of carbonyl (C=O) groups is 1. The van der Waals surface area contributed by atoms with Gasteiger partial charge in [-0.15, -0.1) is 0 Å². The summed E-state index contributed by atoms with van der Waals surface area (Å²) >= 11 is 1.92. The van der Waals surface area contributed by atoms with E-state index in [9.17, 15) is 4.79 Å². The second kappa shape index (κ2) is 5.89. The number of ether oxygens (including phenoxy) is 2. The number of ketones is 1. The number of hydrogen-bond acceptors (Lipinski definition) is 5. The number of anilines is 1. The lowest BCUT2D eigenvalue weighted by atomic mass is 9.81. The second-order valence-electron chi connectivity index (χ2n) is 5.84. The third-order valence-corrected chi connectivity index (χ3v) is 5.68. The van der Waals surface area contributed by atoms with Crippen molar-refractivity contribution in [3.05, 3.63) is 23.8 Å². The topological polar surface area (TPSA) is 61.5 Å². The molecule has 2 aliphatic rings. The number of methoxy groups -OCH3 is 1. The molecule has 1 aromatic rings. The van der Waals surface area contributed by atoms with Crippen LogP contribution in [0.4, 0.5) is 5.69 Å². The Balaban J connectivity index is 1.78. The number of thioether (sulfide) groups is 1. The van der Waals surface area contributed by atoms with Gasteiger partial charge in [0.15, 0.2) is 5.78 Å². The minimum Gasteiger partial charge on any atom is -0.497 e. The van der Waals surface area contributed by atoms with Gasteiger partial charge >= 0.3 is 0 Å². The second-order valence-corrected chi connectivity index (χ2v) is 6.95. The van der Waals surface area contributed by atoms with Crippen LogP contribution in [0.5, 0.6) is 5.75 Å². The monoisotopic (exact) mass is 307 g/mol. The van der Waals surface area contributed by atoms with Crippen LogP contribution in [0.2, 0.25) is 0 Å². The summed E-state index contributed by atoms with van der Waals surface area (Å²) in [5.74, 6) is 2.99. The highest BCUT2D eigenvalue weighted by molar-refractivity contribution is 7.99. The average molecular weight is 307 g/mol. The zero-order valence-corrected chi connectivity index (χ0v) is 13.1. The van der Waals surface area contributed by atoms with E-state index < -0.39 is 0 Å². The van der Waals surface area contributed by atoms with Gasteiger partial charge in [0.25, 0.3) is 0 Å². The molecule has 3 rings (SSSR count). The van der Waals surface area contributed by atoms with E-state index in [1.807, 2.05) is 11.8 Å². The molecule has 2 heterocycles. The van der Waals surface area contributed by atoms with Gasteiger partial charge in [-0.05, 0) is 37.1 Å². The fraction of sp³-hybridized carbons (Fsp3) is 0.562. The highest BCUT2D eigenvalue weighted by atomic mass is 32.2. The lowest BCUT2D eigenvalue weighted by Crippen LogP contribution is -2.42. The Morgan fingerprint density at radius 2 is 2.38 bits per heavy atom. The molecule has 114 valence electrons. The molecular formula is C16H21NO3S. The lowest BCUT2D eigenvalue weighted by molar-refractivity contribution is -0.0734. The summed E-state index contributed by atoms with van der Waals surface area (Å²) in [5, 5.41) is 0. The van der Waals surface area contributed by atoms with Gasteiger partial charge in [0.1, 0.15) is 5.75 Å². The third-order valence-electron chi connectivity index (χ3n) is 4.46. The van der Waals surface area contributed by atoms with Crippen molar-refractivity contribution in [2.24, 2.45) is 5.92 Å². The molecule has 2 fully saturated rings. The Kier molecular flexibility index (Phi) is 4.13. The largest absolute Gasteiger partial charge is 0.497 e. The van der Waals surface area contributed by atoms with Crippen LogP contribution in [0.15, 0.2) is 18.2 Å². The first-order valence-corrected chi connectivity index (χ1v) is 8.48. The van der Waals surface area contributed by atoms with Crippen LogP contribution in [-0.2, 0) is 4.74 Å². The predicted octanol–water partition coefficient (Wildman–Crippen LogP) is 2.76. The number of rotatable bonds is 3. The smallest absolute Gasteiger partial charge is 0.168 e. The van der Waals surface area contributed by atoms with Gasteiger partial charge in [-0.25, -0.2) is 0 Å². The van der Waals surface area contributed by atoms with E-state index >= 15 is 0 Å². The molecular weight excluding hydrogens is 286 g/mol. The standard InChI is InChI=1S/C16H21NO3S/c1-19-12-2-3-13(14(17)8-12)15(18)11-4-6-20-16(9-11)5-7-21-10-16/h2-3,8,11H,4-7,9-10,17H2,1H3. The molecule has 5 heteroatoms. The molecule has 4 nitrogen and oxygen atoms in total. The highest BCUT2D eigenvalue weighted by Gasteiger charge is 2.42. The van der Waals surface area contributed by atoms with Crippen LogP contribution >= 0.6 is 11.8 Å². The summed E-state index contributed by atoms with van der Waals surface area (Å²) in [7, 11) is 1.59. The average Bonchev–Trinajstić information content (AvgIpc) is 2.94. The molecule has 1 aromatic carbocycles. The minimum absolute atomic E-state index is 0.0214. The van der Waals surface area contributed by atoms with Crippen molar-refractivity contribution >= 4 is 23.2 Å². The highest BCUT2D eigenvalue weighted by Crippen LogP contribution is 2.41. The van der Waals surface area contributed by atoms with Crippen molar-refractivity contribution in [1.82, 2.24) is 0 Å². The fourth-order valence-electron chi connectivity index (χ4n) is 3.23. The summed E-state index contributed by atoms with van der Waals surface area (Å²) in [4.78, 5) is 12.8. The molecule has 2 N–H and O–H groups in total. The van der Waals surface area contributed by atoms with Crippen LogP contribution in [0.25, 0.3) is 0 Å². The number of benzene rings is 1. The van der Waals surface area contributed by atoms with Gasteiger partial charge in [0, 0.05) is 35.6 Å². The van der Waals surface area contributed by atoms with E-state index in [2.05, 4.69) is 0 Å². The summed E-state index contributed by atoms with van der Waals surface area (Å²) in [6, 6.07) is 5.29. The lowest BCUT2D eigenvalue weighted by Gasteiger charge is -2.37. The Morgan fingerprint density at radius 3 is 3.05 bits per heavy atom. The minimum atomic E-state index is -0.0789. The fourth-order valence-corrected chi connectivity index (χ4v) is 4.61. The van der Waals surface area contributed by atoms with Crippen LogP contribution in [0, 0.1) is 5.92 Å². The number of Topliss-reactive ketones (excluding diaryl/α,β-unsaturated/α-hetero) is 1. The normalized spacial score (nSPS) is 28.7. The molecule has 0 aliphatic carbocycles. The van der Waals surface area contributed by atoms with Crippen molar-refractivity contribution in [2.45, 2.75) is 24.9 Å².